The molecule has 0 aromatic carbocycles. The first-order chi connectivity index (χ1) is 13.5. The number of rotatable bonds is 3. The van der Waals surface area contributed by atoms with Gasteiger partial charge in [-0.05, 0) is 81.6 Å². The van der Waals surface area contributed by atoms with Crippen LogP contribution in [0.25, 0.3) is 0 Å². The Kier molecular flexibility index (Phi) is 4.63. The second-order valence-electron chi connectivity index (χ2n) is 10.8. The van der Waals surface area contributed by atoms with Gasteiger partial charge in [0.25, 0.3) is 0 Å². The van der Waals surface area contributed by atoms with Crippen molar-refractivity contribution >= 4 is 17.8 Å². The van der Waals surface area contributed by atoms with Gasteiger partial charge in [-0.15, -0.1) is 0 Å². The number of hydrogen-bond donors (Lipinski definition) is 3. The molecule has 7 atom stereocenters. The molecule has 2 amide bonds. The van der Waals surface area contributed by atoms with Gasteiger partial charge in [0.15, 0.2) is 0 Å². The van der Waals surface area contributed by atoms with E-state index in [1.807, 2.05) is 0 Å². The van der Waals surface area contributed by atoms with Crippen molar-refractivity contribution < 1.29 is 19.5 Å². The number of amides is 2. The van der Waals surface area contributed by atoms with Crippen LogP contribution >= 0.6 is 0 Å². The summed E-state index contributed by atoms with van der Waals surface area (Å²) < 4.78 is 0. The summed E-state index contributed by atoms with van der Waals surface area (Å²) in [6, 6.07) is 0.211. The Bertz CT molecular complexity index is 775. The van der Waals surface area contributed by atoms with Gasteiger partial charge in [0.2, 0.25) is 11.8 Å². The van der Waals surface area contributed by atoms with Crippen LogP contribution < -0.4 is 10.6 Å². The van der Waals surface area contributed by atoms with Crippen molar-refractivity contribution in [2.75, 3.05) is 0 Å². The van der Waals surface area contributed by atoms with Crippen LogP contribution in [-0.2, 0) is 14.4 Å². The minimum atomic E-state index is -1.25. The van der Waals surface area contributed by atoms with Crippen molar-refractivity contribution in [3.63, 3.8) is 0 Å². The predicted molar refractivity (Wildman–Crippen MR) is 109 cm³/mol. The van der Waals surface area contributed by atoms with E-state index in [-0.39, 0.29) is 34.6 Å². The molecule has 6 heteroatoms. The fraction of sp³-hybridized carbons (Fsp3) is 0.783. The van der Waals surface area contributed by atoms with Crippen molar-refractivity contribution in [3.05, 3.63) is 12.2 Å². The van der Waals surface area contributed by atoms with Gasteiger partial charge in [-0.3, -0.25) is 9.59 Å². The number of carboxylic acid groups (broad SMARTS) is 1. The first kappa shape index (κ1) is 20.4. The Labute approximate surface area is 172 Å². The summed E-state index contributed by atoms with van der Waals surface area (Å²) in [5.41, 5.74) is -1.34. The van der Waals surface area contributed by atoms with Crippen molar-refractivity contribution in [2.45, 2.75) is 77.8 Å². The maximum absolute atomic E-state index is 13.1. The maximum Gasteiger partial charge on any atom is 0.328 e. The molecule has 3 N–H and O–H groups in total. The van der Waals surface area contributed by atoms with Crippen LogP contribution in [0.4, 0.5) is 0 Å². The maximum atomic E-state index is 13.1. The van der Waals surface area contributed by atoms with E-state index in [4.69, 9.17) is 0 Å². The minimum Gasteiger partial charge on any atom is -0.480 e. The first-order valence-electron chi connectivity index (χ1n) is 11.0. The van der Waals surface area contributed by atoms with Crippen molar-refractivity contribution in [3.8, 4) is 0 Å². The molecule has 1 aliphatic heterocycles. The van der Waals surface area contributed by atoms with Crippen LogP contribution in [-0.4, -0.2) is 34.5 Å². The average molecular weight is 403 g/mol. The Morgan fingerprint density at radius 2 is 1.86 bits per heavy atom. The zero-order valence-corrected chi connectivity index (χ0v) is 18.0. The second-order valence-corrected chi connectivity index (χ2v) is 10.8. The summed E-state index contributed by atoms with van der Waals surface area (Å²) in [7, 11) is 0. The molecule has 3 fully saturated rings. The van der Waals surface area contributed by atoms with Crippen molar-refractivity contribution in [2.24, 2.45) is 34.5 Å². The second kappa shape index (κ2) is 6.58. The summed E-state index contributed by atoms with van der Waals surface area (Å²) in [4.78, 5) is 36.4. The third kappa shape index (κ3) is 3.01. The normalized spacial score (nSPS) is 43.6. The van der Waals surface area contributed by atoms with Gasteiger partial charge in [0, 0.05) is 17.4 Å². The molecule has 4 aliphatic rings. The molecule has 4 rings (SSSR count). The van der Waals surface area contributed by atoms with E-state index in [0.29, 0.717) is 17.8 Å². The highest BCUT2D eigenvalue weighted by atomic mass is 16.4. The standard InChI is InChI=1S/C23H34N2O4/c1-21(2,20(28)29)25-19(27)16-7-6-14-13-5-8-17-23(4,12-10-18(26)24-17)15(13)9-11-22(14,16)3/h10,12-17H,5-9,11H2,1-4H3,(H,24,26)(H,25,27)(H,28,29)/t13?,14?,15?,16-,17-,22+,23-/m1/s1. The van der Waals surface area contributed by atoms with Gasteiger partial charge >= 0.3 is 5.97 Å². The lowest BCUT2D eigenvalue weighted by molar-refractivity contribution is -0.148. The highest BCUT2D eigenvalue weighted by Crippen LogP contribution is 2.65. The van der Waals surface area contributed by atoms with E-state index >= 15 is 0 Å². The largest absolute Gasteiger partial charge is 0.480 e. The lowest BCUT2D eigenvalue weighted by atomic mass is 9.48. The Balaban J connectivity index is 1.56. The SMILES string of the molecule is CC(C)(NC(=O)[C@H]1CCC2C3CC[C@H]4NC(=O)C=C[C@]4(C)C3CC[C@@]21C)C(=O)O. The van der Waals surface area contributed by atoms with E-state index < -0.39 is 11.5 Å². The molecule has 3 unspecified atom stereocenters. The van der Waals surface area contributed by atoms with Crippen LogP contribution in [0, 0.1) is 34.5 Å². The zero-order chi connectivity index (χ0) is 21.2. The Morgan fingerprint density at radius 1 is 1.14 bits per heavy atom. The molecule has 160 valence electrons. The number of nitrogens with one attached hydrogen (secondary N) is 2. The molecule has 0 aromatic rings. The first-order valence-corrected chi connectivity index (χ1v) is 11.0. The van der Waals surface area contributed by atoms with E-state index in [0.717, 1.165) is 38.5 Å². The molecular formula is C23H34N2O4. The summed E-state index contributed by atoms with van der Waals surface area (Å²) in [6.45, 7) is 7.64. The zero-order valence-electron chi connectivity index (χ0n) is 18.0. The van der Waals surface area contributed by atoms with Crippen LogP contribution in [0.2, 0.25) is 0 Å². The van der Waals surface area contributed by atoms with E-state index in [1.165, 1.54) is 0 Å². The topological polar surface area (TPSA) is 95.5 Å². The summed E-state index contributed by atoms with van der Waals surface area (Å²) in [5, 5.41) is 15.4. The summed E-state index contributed by atoms with van der Waals surface area (Å²) >= 11 is 0. The average Bonchev–Trinajstić information content (AvgIpc) is 2.99. The van der Waals surface area contributed by atoms with E-state index in [2.05, 4.69) is 30.6 Å². The fourth-order valence-corrected chi connectivity index (χ4v) is 7.21. The smallest absolute Gasteiger partial charge is 0.328 e. The number of hydrogen-bond acceptors (Lipinski definition) is 3. The molecule has 0 aromatic heterocycles. The van der Waals surface area contributed by atoms with Gasteiger partial charge in [0.1, 0.15) is 5.54 Å². The van der Waals surface area contributed by atoms with E-state index in [9.17, 15) is 19.5 Å². The van der Waals surface area contributed by atoms with Gasteiger partial charge in [-0.2, -0.15) is 0 Å². The quantitative estimate of drug-likeness (QED) is 0.676. The number of aliphatic carboxylic acids is 1. The van der Waals surface area contributed by atoms with E-state index in [1.54, 1.807) is 19.9 Å². The number of fused-ring (bicyclic) bond motifs is 5. The van der Waals surface area contributed by atoms with Crippen LogP contribution in [0.1, 0.15) is 66.2 Å². The highest BCUT2D eigenvalue weighted by Gasteiger charge is 2.61. The van der Waals surface area contributed by atoms with Crippen molar-refractivity contribution in [1.29, 1.82) is 0 Å². The third-order valence-electron chi connectivity index (χ3n) is 8.97. The molecule has 3 saturated carbocycles. The fourth-order valence-electron chi connectivity index (χ4n) is 7.21. The molecule has 6 nitrogen and oxygen atoms in total. The molecule has 0 saturated heterocycles. The van der Waals surface area contributed by atoms with Crippen LogP contribution in [0.15, 0.2) is 12.2 Å². The molecule has 3 aliphatic carbocycles. The molecule has 0 radical (unpaired) electrons. The van der Waals surface area contributed by atoms with Crippen LogP contribution in [0.5, 0.6) is 0 Å². The van der Waals surface area contributed by atoms with Crippen molar-refractivity contribution in [1.82, 2.24) is 10.6 Å². The summed E-state index contributed by atoms with van der Waals surface area (Å²) in [6.07, 6.45) is 9.82. The summed E-state index contributed by atoms with van der Waals surface area (Å²) in [5.74, 6) is 0.337. The number of carboxylic acids is 1. The third-order valence-corrected chi connectivity index (χ3v) is 8.97. The predicted octanol–water partition coefficient (Wildman–Crippen LogP) is 2.88. The van der Waals surface area contributed by atoms with Gasteiger partial charge in [-0.25, -0.2) is 4.79 Å². The minimum absolute atomic E-state index is 0.0101. The van der Waals surface area contributed by atoms with Gasteiger partial charge in [0.05, 0.1) is 0 Å². The Morgan fingerprint density at radius 3 is 2.55 bits per heavy atom. The molecular weight excluding hydrogens is 368 g/mol. The monoisotopic (exact) mass is 402 g/mol. The molecule has 1 heterocycles. The van der Waals surface area contributed by atoms with Gasteiger partial charge < -0.3 is 15.7 Å². The molecule has 0 bridgehead atoms. The van der Waals surface area contributed by atoms with Crippen LogP contribution in [0.3, 0.4) is 0 Å². The highest BCUT2D eigenvalue weighted by molar-refractivity contribution is 5.89. The lowest BCUT2D eigenvalue weighted by Crippen LogP contribution is -2.60. The number of carbonyl (C=O) groups is 3. The number of carbonyl (C=O) groups excluding carboxylic acids is 2. The van der Waals surface area contributed by atoms with Gasteiger partial charge in [-0.1, -0.05) is 19.9 Å². The Hall–Kier alpha value is -1.85. The molecule has 29 heavy (non-hydrogen) atoms. The lowest BCUT2D eigenvalue weighted by Gasteiger charge is -2.58. The molecule has 0 spiro atoms.